The molecule has 0 aliphatic rings. The van der Waals surface area contributed by atoms with Crippen LogP contribution in [0.15, 0.2) is 29.4 Å². The van der Waals surface area contributed by atoms with Crippen molar-refractivity contribution < 1.29 is 19.4 Å². The normalized spacial score (nSPS) is 11.0. The van der Waals surface area contributed by atoms with Gasteiger partial charge in [0.1, 0.15) is 5.71 Å². The fourth-order valence-corrected chi connectivity index (χ4v) is 1.61. The molecule has 0 aliphatic carbocycles. The Morgan fingerprint density at radius 1 is 1.29 bits per heavy atom. The highest BCUT2D eigenvalue weighted by atomic mass is 35.5. The van der Waals surface area contributed by atoms with Crippen LogP contribution in [0.3, 0.4) is 0 Å². The number of halogens is 1. The number of carbonyl (C=O) groups excluding carboxylic acids is 1. The summed E-state index contributed by atoms with van der Waals surface area (Å²) in [5.74, 6) is -1.46. The second kappa shape index (κ2) is 8.97. The summed E-state index contributed by atoms with van der Waals surface area (Å²) in [7, 11) is 0. The third kappa shape index (κ3) is 6.76. The first-order chi connectivity index (χ1) is 10.0. The molecule has 0 fully saturated rings. The molecule has 1 aromatic rings. The van der Waals surface area contributed by atoms with Gasteiger partial charge in [-0.25, -0.2) is 4.79 Å². The Balaban J connectivity index is 2.69. The highest BCUT2D eigenvalue weighted by Gasteiger charge is 2.13. The van der Waals surface area contributed by atoms with Crippen LogP contribution in [-0.4, -0.2) is 29.4 Å². The number of carboxylic acids is 1. The largest absolute Gasteiger partial charge is 0.481 e. The van der Waals surface area contributed by atoms with Crippen molar-refractivity contribution in [3.05, 3.63) is 29.3 Å². The Labute approximate surface area is 127 Å². The third-order valence-electron chi connectivity index (χ3n) is 2.48. The maximum Gasteiger partial charge on any atom is 0.354 e. The summed E-state index contributed by atoms with van der Waals surface area (Å²) in [6.45, 7) is 1.93. The minimum atomic E-state index is -0.913. The fourth-order valence-electron chi connectivity index (χ4n) is 1.48. The Hall–Kier alpha value is -2.08. The molecule has 7 heteroatoms. The molecule has 0 aromatic heterocycles. The Bertz CT molecular complexity index is 514. The molecule has 0 saturated carbocycles. The number of esters is 1. The van der Waals surface area contributed by atoms with Gasteiger partial charge in [-0.05, 0) is 44.0 Å². The molecule has 0 amide bonds. The second-order valence-corrected chi connectivity index (χ2v) is 4.58. The summed E-state index contributed by atoms with van der Waals surface area (Å²) < 4.78 is 4.89. The molecule has 0 aliphatic heterocycles. The Morgan fingerprint density at radius 2 is 1.95 bits per heavy atom. The summed E-state index contributed by atoms with van der Waals surface area (Å²) >= 11 is 5.77. The summed E-state index contributed by atoms with van der Waals surface area (Å²) in [6, 6.07) is 6.81. The number of nitrogens with one attached hydrogen (secondary N) is 1. The number of hydrazone groups is 1. The van der Waals surface area contributed by atoms with Crippen molar-refractivity contribution in [3.63, 3.8) is 0 Å². The molecule has 0 atom stereocenters. The highest BCUT2D eigenvalue weighted by Crippen LogP contribution is 2.13. The molecule has 2 N–H and O–H groups in total. The highest BCUT2D eigenvalue weighted by molar-refractivity contribution is 6.36. The van der Waals surface area contributed by atoms with Crippen molar-refractivity contribution in [1.29, 1.82) is 0 Å². The van der Waals surface area contributed by atoms with Crippen molar-refractivity contribution in [2.75, 3.05) is 12.0 Å². The van der Waals surface area contributed by atoms with E-state index in [9.17, 15) is 9.59 Å². The van der Waals surface area contributed by atoms with Crippen LogP contribution in [0.4, 0.5) is 5.69 Å². The second-order valence-electron chi connectivity index (χ2n) is 4.14. The van der Waals surface area contributed by atoms with Crippen LogP contribution in [0.2, 0.25) is 5.02 Å². The molecule has 114 valence electrons. The van der Waals surface area contributed by atoms with E-state index >= 15 is 0 Å². The minimum absolute atomic E-state index is 0.0284. The van der Waals surface area contributed by atoms with E-state index < -0.39 is 11.9 Å². The molecule has 21 heavy (non-hydrogen) atoms. The van der Waals surface area contributed by atoms with E-state index in [-0.39, 0.29) is 25.2 Å². The molecular formula is C14H17ClN2O4. The maximum atomic E-state index is 11.7. The first-order valence-electron chi connectivity index (χ1n) is 6.50. The average Bonchev–Trinajstić information content (AvgIpc) is 2.44. The zero-order chi connectivity index (χ0) is 15.7. The van der Waals surface area contributed by atoms with Gasteiger partial charge in [-0.1, -0.05) is 11.6 Å². The Morgan fingerprint density at radius 3 is 2.52 bits per heavy atom. The lowest BCUT2D eigenvalue weighted by atomic mass is 10.1. The van der Waals surface area contributed by atoms with Gasteiger partial charge in [-0.3, -0.25) is 10.2 Å². The molecule has 1 rings (SSSR count). The van der Waals surface area contributed by atoms with Crippen LogP contribution < -0.4 is 5.43 Å². The predicted octanol–water partition coefficient (Wildman–Crippen LogP) is 2.93. The van der Waals surface area contributed by atoms with E-state index in [1.54, 1.807) is 31.2 Å². The summed E-state index contributed by atoms with van der Waals surface area (Å²) in [6.07, 6.45) is 0.514. The number of aliphatic carboxylic acids is 1. The topological polar surface area (TPSA) is 88.0 Å². The zero-order valence-corrected chi connectivity index (χ0v) is 12.4. The molecule has 0 saturated heterocycles. The Kier molecular flexibility index (Phi) is 7.25. The lowest BCUT2D eigenvalue weighted by molar-refractivity contribution is -0.137. The first-order valence-corrected chi connectivity index (χ1v) is 6.87. The van der Waals surface area contributed by atoms with Gasteiger partial charge in [0.15, 0.2) is 0 Å². The van der Waals surface area contributed by atoms with Gasteiger partial charge < -0.3 is 9.84 Å². The van der Waals surface area contributed by atoms with E-state index in [2.05, 4.69) is 10.5 Å². The van der Waals surface area contributed by atoms with Crippen LogP contribution in [0.25, 0.3) is 0 Å². The van der Waals surface area contributed by atoms with E-state index in [0.717, 1.165) is 0 Å². The number of benzene rings is 1. The van der Waals surface area contributed by atoms with Crippen molar-refractivity contribution in [1.82, 2.24) is 0 Å². The van der Waals surface area contributed by atoms with Gasteiger partial charge >= 0.3 is 11.9 Å². The lowest BCUT2D eigenvalue weighted by Crippen LogP contribution is -2.19. The van der Waals surface area contributed by atoms with Crippen LogP contribution in [0, 0.1) is 0 Å². The molecule has 6 nitrogen and oxygen atoms in total. The third-order valence-corrected chi connectivity index (χ3v) is 2.73. The van der Waals surface area contributed by atoms with Gasteiger partial charge in [-0.15, -0.1) is 0 Å². The summed E-state index contributed by atoms with van der Waals surface area (Å²) in [5, 5.41) is 13.2. The van der Waals surface area contributed by atoms with Gasteiger partial charge in [0.05, 0.1) is 12.3 Å². The van der Waals surface area contributed by atoms with Crippen molar-refractivity contribution >= 4 is 34.9 Å². The molecular weight excluding hydrogens is 296 g/mol. The number of rotatable bonds is 8. The SMILES string of the molecule is CCOC(=O)/C(CCCC(=O)O)=N\Nc1ccc(Cl)cc1. The monoisotopic (exact) mass is 312 g/mol. The predicted molar refractivity (Wildman–Crippen MR) is 80.6 cm³/mol. The average molecular weight is 313 g/mol. The first kappa shape index (κ1) is 17.0. The maximum absolute atomic E-state index is 11.7. The minimum Gasteiger partial charge on any atom is -0.481 e. The smallest absolute Gasteiger partial charge is 0.354 e. The number of carbonyl (C=O) groups is 2. The molecule has 0 spiro atoms. The van der Waals surface area contributed by atoms with E-state index in [0.29, 0.717) is 17.1 Å². The van der Waals surface area contributed by atoms with Crippen LogP contribution in [-0.2, 0) is 14.3 Å². The lowest BCUT2D eigenvalue weighted by Gasteiger charge is -2.07. The van der Waals surface area contributed by atoms with E-state index in [1.165, 1.54) is 0 Å². The van der Waals surface area contributed by atoms with Crippen molar-refractivity contribution in [3.8, 4) is 0 Å². The number of carboxylic acid groups (broad SMARTS) is 1. The van der Waals surface area contributed by atoms with Crippen LogP contribution in [0.5, 0.6) is 0 Å². The van der Waals surface area contributed by atoms with Gasteiger partial charge in [0.2, 0.25) is 0 Å². The zero-order valence-electron chi connectivity index (χ0n) is 11.6. The van der Waals surface area contributed by atoms with Crippen LogP contribution in [0.1, 0.15) is 26.2 Å². The van der Waals surface area contributed by atoms with Gasteiger partial charge in [-0.2, -0.15) is 5.10 Å². The number of hydrogen-bond donors (Lipinski definition) is 2. The van der Waals surface area contributed by atoms with Crippen molar-refractivity contribution in [2.45, 2.75) is 26.2 Å². The summed E-state index contributed by atoms with van der Waals surface area (Å²) in [4.78, 5) is 22.2. The van der Waals surface area contributed by atoms with Crippen LogP contribution >= 0.6 is 11.6 Å². The number of ether oxygens (including phenoxy) is 1. The molecule has 0 bridgehead atoms. The van der Waals surface area contributed by atoms with Gasteiger partial charge in [0, 0.05) is 11.4 Å². The van der Waals surface area contributed by atoms with E-state index in [1.807, 2.05) is 0 Å². The van der Waals surface area contributed by atoms with E-state index in [4.69, 9.17) is 21.4 Å². The number of anilines is 1. The fraction of sp³-hybridized carbons (Fsp3) is 0.357. The molecule has 0 heterocycles. The number of nitrogens with zero attached hydrogens (tertiary/aromatic N) is 1. The van der Waals surface area contributed by atoms with Crippen molar-refractivity contribution in [2.24, 2.45) is 5.10 Å². The number of hydrogen-bond acceptors (Lipinski definition) is 5. The standard InChI is InChI=1S/C14H17ClN2O4/c1-2-21-14(20)12(4-3-5-13(18)19)17-16-11-8-6-10(15)7-9-11/h6-9,16H,2-5H2,1H3,(H,18,19)/b17-12-. The molecule has 0 unspecified atom stereocenters. The quantitative estimate of drug-likeness (QED) is 0.438. The van der Waals surface area contributed by atoms with Gasteiger partial charge in [0.25, 0.3) is 0 Å². The molecule has 1 aromatic carbocycles. The summed E-state index contributed by atoms with van der Waals surface area (Å²) in [5.41, 5.74) is 3.56. The molecule has 0 radical (unpaired) electrons.